The van der Waals surface area contributed by atoms with Gasteiger partial charge >= 0.3 is 6.09 Å². The van der Waals surface area contributed by atoms with Gasteiger partial charge in [-0.15, -0.1) is 0 Å². The summed E-state index contributed by atoms with van der Waals surface area (Å²) in [4.78, 5) is 17.4. The Hall–Kier alpha value is -2.62. The third-order valence-corrected chi connectivity index (χ3v) is 2.89. The topological polar surface area (TPSA) is 42.4 Å². The number of aromatic nitrogens is 1. The van der Waals surface area contributed by atoms with E-state index in [9.17, 15) is 4.79 Å². The number of amides is 1. The Labute approximate surface area is 124 Å². The van der Waals surface area contributed by atoms with Crippen LogP contribution in [-0.2, 0) is 0 Å². The lowest BCUT2D eigenvalue weighted by Crippen LogP contribution is -2.30. The van der Waals surface area contributed by atoms with Crippen molar-refractivity contribution in [2.24, 2.45) is 0 Å². The minimum absolute atomic E-state index is 0.351. The van der Waals surface area contributed by atoms with E-state index in [1.54, 1.807) is 36.5 Å². The number of ether oxygens (including phenoxy) is 1. The van der Waals surface area contributed by atoms with Crippen molar-refractivity contribution in [3.8, 4) is 5.75 Å². The lowest BCUT2D eigenvalue weighted by molar-refractivity contribution is 0.164. The highest BCUT2D eigenvalue weighted by Gasteiger charge is 2.09. The fourth-order valence-electron chi connectivity index (χ4n) is 1.72. The van der Waals surface area contributed by atoms with Gasteiger partial charge in [-0.2, -0.15) is 0 Å². The summed E-state index contributed by atoms with van der Waals surface area (Å²) < 4.78 is 5.24. The van der Waals surface area contributed by atoms with Gasteiger partial charge in [0.05, 0.1) is 0 Å². The van der Waals surface area contributed by atoms with E-state index in [1.165, 1.54) is 0 Å². The maximum Gasteiger partial charge on any atom is 0.414 e. The van der Waals surface area contributed by atoms with Crippen LogP contribution in [0.1, 0.15) is 12.0 Å². The molecular weight excluding hydrogens is 264 g/mol. The van der Waals surface area contributed by atoms with E-state index in [0.717, 1.165) is 12.0 Å². The zero-order chi connectivity index (χ0) is 14.9. The molecule has 1 aromatic carbocycles. The van der Waals surface area contributed by atoms with Crippen molar-refractivity contribution in [3.05, 3.63) is 66.5 Å². The minimum atomic E-state index is -0.351. The van der Waals surface area contributed by atoms with Gasteiger partial charge in [-0.05, 0) is 30.2 Å². The van der Waals surface area contributed by atoms with Crippen LogP contribution in [0.25, 0.3) is 6.08 Å². The van der Waals surface area contributed by atoms with Crippen LogP contribution in [0.2, 0.25) is 0 Å². The van der Waals surface area contributed by atoms with Crippen LogP contribution in [0, 0.1) is 0 Å². The highest BCUT2D eigenvalue weighted by Crippen LogP contribution is 2.10. The Morgan fingerprint density at radius 2 is 2.05 bits per heavy atom. The van der Waals surface area contributed by atoms with E-state index < -0.39 is 0 Å². The molecule has 0 unspecified atom stereocenters. The summed E-state index contributed by atoms with van der Waals surface area (Å²) in [7, 11) is 1.73. The summed E-state index contributed by atoms with van der Waals surface area (Å²) in [5.74, 6) is 0.556. The summed E-state index contributed by atoms with van der Waals surface area (Å²) in [6.07, 6.45) is 7.95. The normalized spacial score (nSPS) is 10.5. The average molecular weight is 282 g/mol. The van der Waals surface area contributed by atoms with E-state index in [1.807, 2.05) is 42.5 Å². The first-order chi connectivity index (χ1) is 10.3. The minimum Gasteiger partial charge on any atom is -0.410 e. The van der Waals surface area contributed by atoms with Crippen LogP contribution < -0.4 is 4.74 Å². The van der Waals surface area contributed by atoms with E-state index in [-0.39, 0.29) is 6.09 Å². The summed E-state index contributed by atoms with van der Waals surface area (Å²) in [6, 6.07) is 12.9. The molecule has 0 aliphatic rings. The van der Waals surface area contributed by atoms with Gasteiger partial charge in [0.2, 0.25) is 0 Å². The fourth-order valence-corrected chi connectivity index (χ4v) is 1.72. The molecule has 2 aromatic rings. The average Bonchev–Trinajstić information content (AvgIpc) is 2.53. The number of hydrogen-bond donors (Lipinski definition) is 0. The molecule has 2 rings (SSSR count). The summed E-state index contributed by atoms with van der Waals surface area (Å²) in [5.41, 5.74) is 1.05. The summed E-state index contributed by atoms with van der Waals surface area (Å²) >= 11 is 0. The molecule has 0 N–H and O–H groups in total. The number of carbonyl (C=O) groups is 1. The Morgan fingerprint density at radius 3 is 2.76 bits per heavy atom. The zero-order valence-corrected chi connectivity index (χ0v) is 12.0. The second-order valence-corrected chi connectivity index (χ2v) is 4.58. The number of hydrogen-bond acceptors (Lipinski definition) is 3. The van der Waals surface area contributed by atoms with E-state index in [2.05, 4.69) is 4.98 Å². The van der Waals surface area contributed by atoms with Crippen molar-refractivity contribution in [1.82, 2.24) is 9.88 Å². The predicted octanol–water partition coefficient (Wildman–Crippen LogP) is 3.62. The molecule has 0 aliphatic carbocycles. The highest BCUT2D eigenvalue weighted by molar-refractivity contribution is 5.70. The molecule has 0 bridgehead atoms. The largest absolute Gasteiger partial charge is 0.414 e. The lowest BCUT2D eigenvalue weighted by Gasteiger charge is -2.15. The third kappa shape index (κ3) is 5.10. The fraction of sp³-hybridized carbons (Fsp3) is 0.176. The van der Waals surface area contributed by atoms with Gasteiger partial charge in [0, 0.05) is 26.0 Å². The van der Waals surface area contributed by atoms with Crippen molar-refractivity contribution in [3.63, 3.8) is 0 Å². The van der Waals surface area contributed by atoms with Gasteiger partial charge in [0.1, 0.15) is 5.75 Å². The molecule has 1 aromatic heterocycles. The van der Waals surface area contributed by atoms with Crippen LogP contribution in [0.4, 0.5) is 4.79 Å². The predicted molar refractivity (Wildman–Crippen MR) is 83.0 cm³/mol. The first-order valence-corrected chi connectivity index (χ1v) is 6.80. The molecule has 4 nitrogen and oxygen atoms in total. The maximum atomic E-state index is 11.8. The monoisotopic (exact) mass is 282 g/mol. The quantitative estimate of drug-likeness (QED) is 0.841. The molecule has 1 heterocycles. The smallest absolute Gasteiger partial charge is 0.410 e. The molecule has 1 amide bonds. The first-order valence-electron chi connectivity index (χ1n) is 6.80. The molecule has 0 fully saturated rings. The van der Waals surface area contributed by atoms with E-state index in [4.69, 9.17) is 4.74 Å². The van der Waals surface area contributed by atoms with Gasteiger partial charge < -0.3 is 9.64 Å². The van der Waals surface area contributed by atoms with Gasteiger partial charge in [-0.25, -0.2) is 4.79 Å². The second-order valence-electron chi connectivity index (χ2n) is 4.58. The number of pyridine rings is 1. The van der Waals surface area contributed by atoms with Crippen molar-refractivity contribution < 1.29 is 9.53 Å². The Morgan fingerprint density at radius 1 is 1.24 bits per heavy atom. The number of nitrogens with zero attached hydrogens (tertiary/aromatic N) is 2. The Kier molecular flexibility index (Phi) is 5.52. The van der Waals surface area contributed by atoms with E-state index >= 15 is 0 Å². The van der Waals surface area contributed by atoms with Gasteiger partial charge in [-0.3, -0.25) is 4.98 Å². The molecular formula is C17H18N2O2. The zero-order valence-electron chi connectivity index (χ0n) is 12.0. The van der Waals surface area contributed by atoms with Crippen LogP contribution in [-0.4, -0.2) is 29.6 Å². The molecule has 0 radical (unpaired) electrons. The number of rotatable bonds is 5. The molecule has 0 spiro atoms. The molecule has 0 saturated heterocycles. The number of carbonyl (C=O) groups excluding carboxylic acids is 1. The maximum absolute atomic E-state index is 11.8. The molecule has 4 heteroatoms. The molecule has 0 aliphatic heterocycles. The standard InChI is InChI=1S/C17H18N2O2/c1-19(17(20)21-16-10-3-2-4-11-16)13-6-5-8-15-9-7-12-18-14-15/h2-5,7-12,14H,6,13H2,1H3/b8-5+. The van der Waals surface area contributed by atoms with Gasteiger partial charge in [0.15, 0.2) is 0 Å². The highest BCUT2D eigenvalue weighted by atomic mass is 16.6. The van der Waals surface area contributed by atoms with Crippen LogP contribution in [0.15, 0.2) is 60.9 Å². The Bertz CT molecular complexity index is 582. The SMILES string of the molecule is CN(CC/C=C/c1cccnc1)C(=O)Oc1ccccc1. The molecule has 0 atom stereocenters. The van der Waals surface area contributed by atoms with Gasteiger partial charge in [-0.1, -0.05) is 36.4 Å². The number of para-hydroxylation sites is 1. The van der Waals surface area contributed by atoms with E-state index in [0.29, 0.717) is 12.3 Å². The van der Waals surface area contributed by atoms with Crippen LogP contribution in [0.3, 0.4) is 0 Å². The van der Waals surface area contributed by atoms with Crippen molar-refractivity contribution in [2.45, 2.75) is 6.42 Å². The van der Waals surface area contributed by atoms with Crippen LogP contribution in [0.5, 0.6) is 5.75 Å². The lowest BCUT2D eigenvalue weighted by atomic mass is 10.2. The van der Waals surface area contributed by atoms with Crippen molar-refractivity contribution in [2.75, 3.05) is 13.6 Å². The summed E-state index contributed by atoms with van der Waals surface area (Å²) in [6.45, 7) is 0.600. The molecule has 21 heavy (non-hydrogen) atoms. The van der Waals surface area contributed by atoms with Crippen molar-refractivity contribution in [1.29, 1.82) is 0 Å². The second kappa shape index (κ2) is 7.85. The molecule has 108 valence electrons. The van der Waals surface area contributed by atoms with Crippen molar-refractivity contribution >= 4 is 12.2 Å². The van der Waals surface area contributed by atoms with Gasteiger partial charge in [0.25, 0.3) is 0 Å². The summed E-state index contributed by atoms with van der Waals surface area (Å²) in [5, 5.41) is 0. The molecule has 0 saturated carbocycles. The Balaban J connectivity index is 1.75. The van der Waals surface area contributed by atoms with Crippen LogP contribution >= 0.6 is 0 Å². The first kappa shape index (κ1) is 14.8. The third-order valence-electron chi connectivity index (χ3n) is 2.89. The number of benzene rings is 1.